The van der Waals surface area contributed by atoms with Crippen LogP contribution in [-0.4, -0.2) is 40.9 Å². The van der Waals surface area contributed by atoms with Gasteiger partial charge < -0.3 is 5.32 Å². The van der Waals surface area contributed by atoms with Crippen LogP contribution in [0.5, 0.6) is 0 Å². The van der Waals surface area contributed by atoms with Crippen LogP contribution < -0.4 is 10.0 Å². The number of hydrogen-bond acceptors (Lipinski definition) is 7. The lowest BCUT2D eigenvalue weighted by molar-refractivity contribution is 0.580. The van der Waals surface area contributed by atoms with Crippen LogP contribution in [0, 0.1) is 5.82 Å². The van der Waals surface area contributed by atoms with E-state index >= 15 is 0 Å². The first-order valence-corrected chi connectivity index (χ1v) is 13.2. The highest BCUT2D eigenvalue weighted by Crippen LogP contribution is 2.33. The Kier molecular flexibility index (Phi) is 6.53. The van der Waals surface area contributed by atoms with Crippen LogP contribution >= 0.6 is 11.3 Å². The molecule has 3 aromatic heterocycles. The molecule has 178 valence electrons. The molecule has 5 aromatic rings. The van der Waals surface area contributed by atoms with Crippen LogP contribution in [0.15, 0.2) is 83.3 Å². The maximum absolute atomic E-state index is 13.5. The molecule has 0 bridgehead atoms. The summed E-state index contributed by atoms with van der Waals surface area (Å²) in [6.45, 7) is 0.753. The normalized spacial score (nSPS) is 11.7. The first-order chi connectivity index (χ1) is 17.0. The van der Waals surface area contributed by atoms with Gasteiger partial charge >= 0.3 is 0 Å². The van der Waals surface area contributed by atoms with E-state index in [0.717, 1.165) is 16.2 Å². The second kappa shape index (κ2) is 9.90. The predicted octanol–water partition coefficient (Wildman–Crippen LogP) is 4.44. The van der Waals surface area contributed by atoms with E-state index in [1.165, 1.54) is 23.5 Å². The molecule has 2 N–H and O–H groups in total. The molecule has 0 unspecified atom stereocenters. The van der Waals surface area contributed by atoms with E-state index in [9.17, 15) is 12.8 Å². The summed E-state index contributed by atoms with van der Waals surface area (Å²) in [6.07, 6.45) is 4.12. The van der Waals surface area contributed by atoms with Crippen molar-refractivity contribution in [2.24, 2.45) is 0 Å². The molecule has 0 spiro atoms. The van der Waals surface area contributed by atoms with Gasteiger partial charge in [-0.1, -0.05) is 18.2 Å². The van der Waals surface area contributed by atoms with Crippen molar-refractivity contribution in [2.75, 3.05) is 18.4 Å². The Morgan fingerprint density at radius 1 is 0.971 bits per heavy atom. The molecule has 0 aliphatic rings. The third-order valence-corrected chi connectivity index (χ3v) is 7.49. The summed E-state index contributed by atoms with van der Waals surface area (Å²) in [4.78, 5) is 14.7. The van der Waals surface area contributed by atoms with Crippen molar-refractivity contribution < 1.29 is 12.8 Å². The van der Waals surface area contributed by atoms with Gasteiger partial charge in [0.05, 0.1) is 16.3 Å². The van der Waals surface area contributed by atoms with Gasteiger partial charge in [-0.05, 0) is 48.9 Å². The maximum atomic E-state index is 13.5. The van der Waals surface area contributed by atoms with Crippen molar-refractivity contribution in [1.29, 1.82) is 0 Å². The Labute approximate surface area is 205 Å². The lowest BCUT2D eigenvalue weighted by atomic mass is 10.1. The number of imidazole rings is 1. The van der Waals surface area contributed by atoms with Crippen LogP contribution in [0.1, 0.15) is 6.42 Å². The number of fused-ring (bicyclic) bond motifs is 1. The van der Waals surface area contributed by atoms with Crippen molar-refractivity contribution in [3.63, 3.8) is 0 Å². The van der Waals surface area contributed by atoms with Crippen molar-refractivity contribution in [1.82, 2.24) is 24.1 Å². The number of aromatic nitrogens is 4. The van der Waals surface area contributed by atoms with Gasteiger partial charge in [0.25, 0.3) is 0 Å². The van der Waals surface area contributed by atoms with Gasteiger partial charge in [-0.2, -0.15) is 0 Å². The summed E-state index contributed by atoms with van der Waals surface area (Å²) in [5.41, 5.74) is 2.94. The molecule has 0 aliphatic carbocycles. The van der Waals surface area contributed by atoms with E-state index < -0.39 is 10.0 Å². The fourth-order valence-electron chi connectivity index (χ4n) is 3.59. The molecule has 2 aromatic carbocycles. The molecule has 11 heteroatoms. The third kappa shape index (κ3) is 5.06. The summed E-state index contributed by atoms with van der Waals surface area (Å²) in [6, 6.07) is 16.3. The molecule has 0 saturated heterocycles. The summed E-state index contributed by atoms with van der Waals surface area (Å²) in [5, 5.41) is 5.09. The Bertz CT molecular complexity index is 1550. The Balaban J connectivity index is 1.29. The van der Waals surface area contributed by atoms with Gasteiger partial charge in [-0.3, -0.25) is 4.40 Å². The Hall–Kier alpha value is -3.67. The van der Waals surface area contributed by atoms with Gasteiger partial charge in [0.1, 0.15) is 11.5 Å². The van der Waals surface area contributed by atoms with Gasteiger partial charge in [0, 0.05) is 36.4 Å². The summed E-state index contributed by atoms with van der Waals surface area (Å²) in [5.74, 6) is 0.111. The summed E-state index contributed by atoms with van der Waals surface area (Å²) < 4.78 is 42.6. The minimum atomic E-state index is -3.53. The number of nitrogens with zero attached hydrogens (tertiary/aromatic N) is 4. The Morgan fingerprint density at radius 3 is 2.57 bits per heavy atom. The summed E-state index contributed by atoms with van der Waals surface area (Å²) in [7, 11) is -3.53. The second-order valence-corrected chi connectivity index (χ2v) is 10.3. The molecule has 35 heavy (non-hydrogen) atoms. The van der Waals surface area contributed by atoms with E-state index in [4.69, 9.17) is 4.98 Å². The van der Waals surface area contributed by atoms with Gasteiger partial charge in [0.15, 0.2) is 4.96 Å². The lowest BCUT2D eigenvalue weighted by Gasteiger charge is -2.09. The molecule has 0 amide bonds. The predicted molar refractivity (Wildman–Crippen MR) is 134 cm³/mol. The topological polar surface area (TPSA) is 101 Å². The number of rotatable bonds is 9. The smallest absolute Gasteiger partial charge is 0.240 e. The van der Waals surface area contributed by atoms with Gasteiger partial charge in [-0.25, -0.2) is 32.5 Å². The summed E-state index contributed by atoms with van der Waals surface area (Å²) >= 11 is 1.50. The van der Waals surface area contributed by atoms with E-state index in [-0.39, 0.29) is 17.3 Å². The number of halogens is 1. The van der Waals surface area contributed by atoms with Crippen molar-refractivity contribution in [2.45, 2.75) is 11.3 Å². The van der Waals surface area contributed by atoms with Crippen LogP contribution in [0.25, 0.3) is 27.6 Å². The zero-order valence-corrected chi connectivity index (χ0v) is 20.1. The SMILES string of the molecule is O=S(=O)(NCCCNc1nccc(-c2c(-c3ccc(F)cc3)nc3sccn23)n1)c1ccccc1. The van der Waals surface area contributed by atoms with Gasteiger partial charge in [0.2, 0.25) is 16.0 Å². The number of nitrogens with one attached hydrogen (secondary N) is 2. The third-order valence-electron chi connectivity index (χ3n) is 5.26. The zero-order chi connectivity index (χ0) is 24.3. The first kappa shape index (κ1) is 23.1. The lowest BCUT2D eigenvalue weighted by Crippen LogP contribution is -2.26. The zero-order valence-electron chi connectivity index (χ0n) is 18.4. The number of sulfonamides is 1. The Morgan fingerprint density at radius 2 is 1.77 bits per heavy atom. The van der Waals surface area contributed by atoms with E-state index in [1.807, 2.05) is 16.0 Å². The molecule has 0 fully saturated rings. The quantitative estimate of drug-likeness (QED) is 0.286. The number of anilines is 1. The molecule has 5 rings (SSSR count). The van der Waals surface area contributed by atoms with Crippen LogP contribution in [-0.2, 0) is 10.0 Å². The number of hydrogen-bond donors (Lipinski definition) is 2. The highest BCUT2D eigenvalue weighted by molar-refractivity contribution is 7.89. The number of benzene rings is 2. The fraction of sp³-hybridized carbons (Fsp3) is 0.125. The van der Waals surface area contributed by atoms with Crippen molar-refractivity contribution >= 4 is 32.3 Å². The molecular formula is C24H21FN6O2S2. The van der Waals surface area contributed by atoms with E-state index in [0.29, 0.717) is 30.3 Å². The largest absolute Gasteiger partial charge is 0.354 e. The maximum Gasteiger partial charge on any atom is 0.240 e. The molecular weight excluding hydrogens is 487 g/mol. The molecule has 3 heterocycles. The minimum Gasteiger partial charge on any atom is -0.354 e. The van der Waals surface area contributed by atoms with Crippen molar-refractivity contribution in [3.05, 3.63) is 84.3 Å². The van der Waals surface area contributed by atoms with E-state index in [2.05, 4.69) is 20.0 Å². The second-order valence-electron chi connectivity index (χ2n) is 7.63. The van der Waals surface area contributed by atoms with Crippen molar-refractivity contribution in [3.8, 4) is 22.6 Å². The average molecular weight is 509 g/mol. The monoisotopic (exact) mass is 508 g/mol. The molecule has 0 atom stereocenters. The van der Waals surface area contributed by atoms with Crippen LogP contribution in [0.2, 0.25) is 0 Å². The van der Waals surface area contributed by atoms with Crippen LogP contribution in [0.3, 0.4) is 0 Å². The van der Waals surface area contributed by atoms with E-state index in [1.54, 1.807) is 54.7 Å². The van der Waals surface area contributed by atoms with Crippen LogP contribution in [0.4, 0.5) is 10.3 Å². The van der Waals surface area contributed by atoms with Gasteiger partial charge in [-0.15, -0.1) is 11.3 Å². The average Bonchev–Trinajstić information content (AvgIpc) is 3.47. The molecule has 8 nitrogen and oxygen atoms in total. The number of thiazole rings is 1. The highest BCUT2D eigenvalue weighted by Gasteiger charge is 2.18. The highest BCUT2D eigenvalue weighted by atomic mass is 32.2. The minimum absolute atomic E-state index is 0.238. The molecule has 0 radical (unpaired) electrons. The standard InChI is InChI=1S/C24H21FN6O2S2/c25-18-9-7-17(8-10-18)21-22(31-15-16-34-24(31)30-21)20-11-14-27-23(29-20)26-12-4-13-28-35(32,33)19-5-2-1-3-6-19/h1-3,5-11,14-16,28H,4,12-13H2,(H,26,27,29). The molecule has 0 aliphatic heterocycles. The fourth-order valence-corrected chi connectivity index (χ4v) is 5.40. The molecule has 0 saturated carbocycles. The first-order valence-electron chi connectivity index (χ1n) is 10.8.